The number of pyridine rings is 1. The molecule has 1 aliphatic rings. The molecule has 0 spiro atoms. The van der Waals surface area contributed by atoms with Crippen molar-refractivity contribution >= 4 is 16.3 Å². The van der Waals surface area contributed by atoms with E-state index in [0.717, 1.165) is 33.3 Å². The molecule has 2 nitrogen and oxygen atoms in total. The summed E-state index contributed by atoms with van der Waals surface area (Å²) in [6.07, 6.45) is 6.47. The number of nitriles is 1. The normalized spacial score (nSPS) is 17.3. The molecule has 196 valence electrons. The largest absolute Gasteiger partial charge is 0.256 e. The summed E-state index contributed by atoms with van der Waals surface area (Å²) in [6, 6.07) is 38.7. The molecule has 1 atom stereocenters. The van der Waals surface area contributed by atoms with Crippen LogP contribution in [0, 0.1) is 23.2 Å². The molecule has 0 fully saturated rings. The van der Waals surface area contributed by atoms with Gasteiger partial charge in [0.1, 0.15) is 0 Å². The SMILES string of the molecule is CC(C)c1ccc(-c2ccc(C3=C/C(c4ccc(-c5ccccn5)cc4)C#CC/C(C#N)=C\3)c3ccccc23)cc1. The van der Waals surface area contributed by atoms with Gasteiger partial charge in [-0.15, -0.1) is 0 Å². The first kappa shape index (κ1) is 26.1. The number of nitrogens with zero attached hydrogens (tertiary/aromatic N) is 2. The Hall–Kier alpha value is -5.18. The van der Waals surface area contributed by atoms with Gasteiger partial charge in [0.05, 0.1) is 17.7 Å². The predicted octanol–water partition coefficient (Wildman–Crippen LogP) is 9.72. The lowest BCUT2D eigenvalue weighted by molar-refractivity contribution is 0.867. The Bertz CT molecular complexity index is 1870. The average Bonchev–Trinajstić information content (AvgIpc) is 3.01. The number of hydrogen-bond donors (Lipinski definition) is 0. The Balaban J connectivity index is 1.44. The van der Waals surface area contributed by atoms with Gasteiger partial charge in [-0.3, -0.25) is 4.98 Å². The number of hydrogen-bond acceptors (Lipinski definition) is 2. The lowest BCUT2D eigenvalue weighted by Gasteiger charge is -2.16. The number of rotatable bonds is 5. The summed E-state index contributed by atoms with van der Waals surface area (Å²) < 4.78 is 0. The van der Waals surface area contributed by atoms with Gasteiger partial charge in [0.25, 0.3) is 0 Å². The van der Waals surface area contributed by atoms with Crippen LogP contribution >= 0.6 is 0 Å². The predicted molar refractivity (Wildman–Crippen MR) is 170 cm³/mol. The van der Waals surface area contributed by atoms with E-state index in [9.17, 15) is 5.26 Å². The highest BCUT2D eigenvalue weighted by molar-refractivity contribution is 6.04. The van der Waals surface area contributed by atoms with Gasteiger partial charge >= 0.3 is 0 Å². The highest BCUT2D eigenvalue weighted by Gasteiger charge is 2.15. The van der Waals surface area contributed by atoms with Crippen LogP contribution < -0.4 is 0 Å². The second-order valence-corrected chi connectivity index (χ2v) is 10.7. The van der Waals surface area contributed by atoms with Gasteiger partial charge in [-0.2, -0.15) is 5.26 Å². The highest BCUT2D eigenvalue weighted by Crippen LogP contribution is 2.37. The molecule has 1 unspecified atom stereocenters. The molecule has 1 aliphatic carbocycles. The third kappa shape index (κ3) is 5.47. The van der Waals surface area contributed by atoms with E-state index in [1.165, 1.54) is 22.1 Å². The first-order chi connectivity index (χ1) is 20.1. The van der Waals surface area contributed by atoms with Gasteiger partial charge in [-0.1, -0.05) is 123 Å². The van der Waals surface area contributed by atoms with E-state index in [1.54, 1.807) is 0 Å². The van der Waals surface area contributed by atoms with Gasteiger partial charge in [0, 0.05) is 23.8 Å². The molecule has 1 heterocycles. The standard InChI is InChI=1S/C39H30N2/c1-27(2)29-13-17-31(18-14-29)35-21-22-36(38-11-4-3-10-37(35)38)34-24-28(26-40)8-7-9-33(25-34)30-15-19-32(20-16-30)39-12-5-6-23-41-39/h3-6,10-25,27,33H,8H2,1-2H3/b28-24+,34-25+. The Morgan fingerprint density at radius 1 is 0.780 bits per heavy atom. The molecule has 0 saturated heterocycles. The van der Waals surface area contributed by atoms with Crippen LogP contribution in [-0.4, -0.2) is 4.98 Å². The molecule has 0 amide bonds. The van der Waals surface area contributed by atoms with Crippen LogP contribution in [0.2, 0.25) is 0 Å². The second kappa shape index (κ2) is 11.5. The molecule has 0 bridgehead atoms. The van der Waals surface area contributed by atoms with Gasteiger partial charge in [-0.05, 0) is 68.3 Å². The summed E-state index contributed by atoms with van der Waals surface area (Å²) >= 11 is 0. The maximum atomic E-state index is 9.84. The van der Waals surface area contributed by atoms with Crippen molar-refractivity contribution in [3.05, 3.63) is 144 Å². The monoisotopic (exact) mass is 526 g/mol. The lowest BCUT2D eigenvalue weighted by atomic mass is 9.87. The smallest absolute Gasteiger partial charge is 0.0957 e. The van der Waals surface area contributed by atoms with Crippen LogP contribution in [0.4, 0.5) is 0 Å². The highest BCUT2D eigenvalue weighted by atomic mass is 14.7. The number of aromatic nitrogens is 1. The molecule has 0 aliphatic heterocycles. The second-order valence-electron chi connectivity index (χ2n) is 10.7. The minimum Gasteiger partial charge on any atom is -0.256 e. The Morgan fingerprint density at radius 3 is 2.15 bits per heavy atom. The zero-order valence-corrected chi connectivity index (χ0v) is 23.3. The van der Waals surface area contributed by atoms with Crippen molar-refractivity contribution in [3.8, 4) is 40.3 Å². The van der Waals surface area contributed by atoms with Crippen LogP contribution in [0.3, 0.4) is 0 Å². The zero-order chi connectivity index (χ0) is 28.2. The zero-order valence-electron chi connectivity index (χ0n) is 23.3. The molecule has 6 rings (SSSR count). The van der Waals surface area contributed by atoms with Crippen LogP contribution in [0.25, 0.3) is 38.7 Å². The van der Waals surface area contributed by atoms with Gasteiger partial charge in [0.2, 0.25) is 0 Å². The Kier molecular flexibility index (Phi) is 7.32. The van der Waals surface area contributed by atoms with E-state index >= 15 is 0 Å². The molecule has 2 heteroatoms. The summed E-state index contributed by atoms with van der Waals surface area (Å²) in [7, 11) is 0. The van der Waals surface area contributed by atoms with Crippen molar-refractivity contribution in [1.82, 2.24) is 4.98 Å². The first-order valence-electron chi connectivity index (χ1n) is 14.1. The molecule has 4 aromatic carbocycles. The van der Waals surface area contributed by atoms with Crippen LogP contribution in [-0.2, 0) is 0 Å². The quantitative estimate of drug-likeness (QED) is 0.214. The van der Waals surface area contributed by atoms with Crippen molar-refractivity contribution < 1.29 is 0 Å². The minimum atomic E-state index is -0.0960. The van der Waals surface area contributed by atoms with Crippen molar-refractivity contribution in [3.63, 3.8) is 0 Å². The molecule has 0 saturated carbocycles. The maximum Gasteiger partial charge on any atom is 0.0957 e. The van der Waals surface area contributed by atoms with Gasteiger partial charge < -0.3 is 0 Å². The van der Waals surface area contributed by atoms with E-state index in [0.29, 0.717) is 17.9 Å². The van der Waals surface area contributed by atoms with E-state index in [-0.39, 0.29) is 5.92 Å². The minimum absolute atomic E-state index is 0.0960. The summed E-state index contributed by atoms with van der Waals surface area (Å²) in [5, 5.41) is 12.2. The lowest BCUT2D eigenvalue weighted by Crippen LogP contribution is -1.98. The Labute approximate surface area is 242 Å². The average molecular weight is 527 g/mol. The third-order valence-electron chi connectivity index (χ3n) is 7.71. The van der Waals surface area contributed by atoms with Gasteiger partial charge in [0.15, 0.2) is 0 Å². The number of fused-ring (bicyclic) bond motifs is 1. The maximum absolute atomic E-state index is 9.84. The van der Waals surface area contributed by atoms with E-state index in [2.05, 4.69) is 128 Å². The Morgan fingerprint density at radius 2 is 1.46 bits per heavy atom. The molecule has 5 aromatic rings. The molecule has 0 N–H and O–H groups in total. The summed E-state index contributed by atoms with van der Waals surface area (Å²) in [6.45, 7) is 4.44. The summed E-state index contributed by atoms with van der Waals surface area (Å²) in [5.74, 6) is 7.07. The summed E-state index contributed by atoms with van der Waals surface area (Å²) in [4.78, 5) is 4.48. The summed E-state index contributed by atoms with van der Waals surface area (Å²) in [5.41, 5.74) is 9.69. The molecule has 0 radical (unpaired) electrons. The van der Waals surface area contributed by atoms with Gasteiger partial charge in [-0.25, -0.2) is 0 Å². The van der Waals surface area contributed by atoms with Crippen molar-refractivity contribution in [1.29, 1.82) is 5.26 Å². The van der Waals surface area contributed by atoms with Crippen molar-refractivity contribution in [2.75, 3.05) is 0 Å². The molecule has 41 heavy (non-hydrogen) atoms. The van der Waals surface area contributed by atoms with Crippen molar-refractivity contribution in [2.24, 2.45) is 0 Å². The first-order valence-corrected chi connectivity index (χ1v) is 14.1. The van der Waals surface area contributed by atoms with Crippen LogP contribution in [0.1, 0.15) is 48.8 Å². The molecular weight excluding hydrogens is 496 g/mol. The van der Waals surface area contributed by atoms with Crippen LogP contribution in [0.5, 0.6) is 0 Å². The third-order valence-corrected chi connectivity index (χ3v) is 7.71. The van der Waals surface area contributed by atoms with Crippen LogP contribution in [0.15, 0.2) is 127 Å². The fraction of sp³-hybridized carbons (Fsp3) is 0.128. The van der Waals surface area contributed by atoms with E-state index in [1.807, 2.05) is 30.5 Å². The molecule has 1 aromatic heterocycles. The van der Waals surface area contributed by atoms with E-state index in [4.69, 9.17) is 0 Å². The van der Waals surface area contributed by atoms with E-state index < -0.39 is 0 Å². The topological polar surface area (TPSA) is 36.7 Å². The number of allylic oxidation sites excluding steroid dienone is 4. The number of benzene rings is 4. The van der Waals surface area contributed by atoms with Crippen molar-refractivity contribution in [2.45, 2.75) is 32.1 Å². The molecular formula is C39H30N2. The fourth-order valence-corrected chi connectivity index (χ4v) is 5.43. The fourth-order valence-electron chi connectivity index (χ4n) is 5.43.